The molecule has 0 aromatic heterocycles. The Morgan fingerprint density at radius 3 is 1.97 bits per heavy atom. The lowest BCUT2D eigenvalue weighted by atomic mass is 9.98. The second kappa shape index (κ2) is 10.2. The van der Waals surface area contributed by atoms with E-state index in [2.05, 4.69) is 0 Å². The third kappa shape index (κ3) is 5.89. The first kappa shape index (κ1) is 23.8. The van der Waals surface area contributed by atoms with Crippen molar-refractivity contribution in [2.45, 2.75) is 17.2 Å². The molecule has 0 bridgehead atoms. The Bertz CT molecular complexity index is 1250. The van der Waals surface area contributed by atoms with Gasteiger partial charge in [0.2, 0.25) is 0 Å². The number of nitrogens with zero attached hydrogens (tertiary/aromatic N) is 1. The van der Waals surface area contributed by atoms with Gasteiger partial charge in [0.1, 0.15) is 0 Å². The van der Waals surface area contributed by atoms with E-state index in [1.807, 2.05) is 0 Å². The third-order valence-corrected chi connectivity index (χ3v) is 6.98. The molecule has 8 nitrogen and oxygen atoms in total. The van der Waals surface area contributed by atoms with Gasteiger partial charge in [-0.3, -0.25) is 19.7 Å². The number of carbonyl (C=O) groups is 2. The van der Waals surface area contributed by atoms with Crippen molar-refractivity contribution in [1.82, 2.24) is 0 Å². The van der Waals surface area contributed by atoms with Gasteiger partial charge in [-0.2, -0.15) is 0 Å². The number of benzene rings is 3. The maximum atomic E-state index is 13.0. The summed E-state index contributed by atoms with van der Waals surface area (Å²) >= 11 is 0. The van der Waals surface area contributed by atoms with E-state index in [9.17, 15) is 28.1 Å². The van der Waals surface area contributed by atoms with Crippen LogP contribution in [0.15, 0.2) is 83.8 Å². The molecule has 0 radical (unpaired) electrons. The predicted octanol–water partition coefficient (Wildman–Crippen LogP) is 3.95. The van der Waals surface area contributed by atoms with Crippen LogP contribution in [0.1, 0.15) is 33.8 Å². The van der Waals surface area contributed by atoms with Crippen molar-refractivity contribution < 1.29 is 27.7 Å². The molecule has 9 heteroatoms. The van der Waals surface area contributed by atoms with Gasteiger partial charge in [-0.15, -0.1) is 0 Å². The molecule has 0 aliphatic heterocycles. The van der Waals surface area contributed by atoms with Crippen molar-refractivity contribution in [3.8, 4) is 0 Å². The maximum absolute atomic E-state index is 13.0. The zero-order chi connectivity index (χ0) is 24.0. The molecule has 3 aromatic rings. The lowest BCUT2D eigenvalue weighted by Gasteiger charge is -2.16. The fraction of sp³-hybridized carbons (Fsp3) is 0.167. The number of rotatable bonds is 9. The number of hydrogen-bond acceptors (Lipinski definition) is 7. The molecule has 0 saturated heterocycles. The summed E-state index contributed by atoms with van der Waals surface area (Å²) in [6, 6.07) is 19.5. The monoisotopic (exact) mass is 467 g/mol. The van der Waals surface area contributed by atoms with E-state index in [1.54, 1.807) is 30.3 Å². The van der Waals surface area contributed by atoms with Gasteiger partial charge < -0.3 is 4.74 Å². The molecule has 0 amide bonds. The topological polar surface area (TPSA) is 121 Å². The van der Waals surface area contributed by atoms with Gasteiger partial charge in [0.15, 0.2) is 15.6 Å². The van der Waals surface area contributed by atoms with Crippen LogP contribution in [0.3, 0.4) is 0 Å². The summed E-state index contributed by atoms with van der Waals surface area (Å²) in [6.07, 6.45) is -0.0868. The highest BCUT2D eigenvalue weighted by atomic mass is 32.2. The van der Waals surface area contributed by atoms with Gasteiger partial charge in [0, 0.05) is 29.2 Å². The van der Waals surface area contributed by atoms with Crippen LogP contribution in [-0.2, 0) is 19.4 Å². The lowest BCUT2D eigenvalue weighted by molar-refractivity contribution is -0.384. The number of non-ortho nitro benzene ring substituents is 1. The number of esters is 1. The molecule has 0 heterocycles. The first-order chi connectivity index (χ1) is 15.7. The van der Waals surface area contributed by atoms with Gasteiger partial charge in [-0.05, 0) is 42.0 Å². The van der Waals surface area contributed by atoms with Crippen LogP contribution in [0.5, 0.6) is 0 Å². The van der Waals surface area contributed by atoms with Crippen LogP contribution in [0, 0.1) is 10.1 Å². The average Bonchev–Trinajstić information content (AvgIpc) is 2.83. The van der Waals surface area contributed by atoms with Crippen LogP contribution in [0.25, 0.3) is 0 Å². The first-order valence-corrected chi connectivity index (χ1v) is 11.6. The Balaban J connectivity index is 1.81. The zero-order valence-corrected chi connectivity index (χ0v) is 18.5. The Kier molecular flexibility index (Phi) is 7.34. The van der Waals surface area contributed by atoms with Crippen molar-refractivity contribution in [2.75, 3.05) is 12.9 Å². The molecule has 170 valence electrons. The molecule has 0 aliphatic carbocycles. The van der Waals surface area contributed by atoms with E-state index in [1.165, 1.54) is 55.6 Å². The highest BCUT2D eigenvalue weighted by molar-refractivity contribution is 7.91. The van der Waals surface area contributed by atoms with Gasteiger partial charge in [-0.25, -0.2) is 8.42 Å². The van der Waals surface area contributed by atoms with Crippen molar-refractivity contribution in [2.24, 2.45) is 0 Å². The average molecular weight is 467 g/mol. The molecular weight excluding hydrogens is 446 g/mol. The molecule has 3 rings (SSSR count). The summed E-state index contributed by atoms with van der Waals surface area (Å²) in [7, 11) is -2.53. The summed E-state index contributed by atoms with van der Waals surface area (Å²) in [4.78, 5) is 34.7. The largest absolute Gasteiger partial charge is 0.469 e. The number of nitro groups is 1. The number of sulfone groups is 1. The van der Waals surface area contributed by atoms with Crippen molar-refractivity contribution in [1.29, 1.82) is 0 Å². The molecule has 1 unspecified atom stereocenters. The fourth-order valence-corrected chi connectivity index (χ4v) is 4.94. The molecule has 33 heavy (non-hydrogen) atoms. The second-order valence-electron chi connectivity index (χ2n) is 7.33. The standard InChI is InChI=1S/C24H21NO7S/c1-32-23(26)15-20(17-5-3-2-4-6-17)16-33(30,31)22-13-9-19(10-14-22)24(27)18-7-11-21(12-8-18)25(28)29/h2-14,20H,15-16H2,1H3. The van der Waals surface area contributed by atoms with E-state index < -0.39 is 26.6 Å². The molecule has 1 atom stereocenters. The Hall–Kier alpha value is -3.85. The normalized spacial score (nSPS) is 12.0. The molecule has 0 fully saturated rings. The van der Waals surface area contributed by atoms with Crippen molar-refractivity contribution in [3.05, 3.63) is 106 Å². The quantitative estimate of drug-likeness (QED) is 0.202. The van der Waals surface area contributed by atoms with Crippen molar-refractivity contribution >= 4 is 27.3 Å². The van der Waals surface area contributed by atoms with Crippen LogP contribution >= 0.6 is 0 Å². The van der Waals surface area contributed by atoms with E-state index in [4.69, 9.17) is 4.74 Å². The van der Waals surface area contributed by atoms with E-state index in [0.29, 0.717) is 5.56 Å². The summed E-state index contributed by atoms with van der Waals surface area (Å²) in [5, 5.41) is 10.8. The molecule has 0 N–H and O–H groups in total. The molecule has 0 aliphatic rings. The number of methoxy groups -OCH3 is 1. The highest BCUT2D eigenvalue weighted by Gasteiger charge is 2.25. The second-order valence-corrected chi connectivity index (χ2v) is 9.36. The van der Waals surface area contributed by atoms with Crippen LogP contribution in [0.2, 0.25) is 0 Å². The van der Waals surface area contributed by atoms with E-state index in [-0.39, 0.29) is 39.7 Å². The van der Waals surface area contributed by atoms with Crippen molar-refractivity contribution in [3.63, 3.8) is 0 Å². The molecule has 3 aromatic carbocycles. The first-order valence-electron chi connectivity index (χ1n) is 9.95. The minimum atomic E-state index is -3.78. The highest BCUT2D eigenvalue weighted by Crippen LogP contribution is 2.26. The smallest absolute Gasteiger partial charge is 0.306 e. The van der Waals surface area contributed by atoms with Gasteiger partial charge in [0.05, 0.1) is 29.1 Å². The predicted molar refractivity (Wildman–Crippen MR) is 121 cm³/mol. The number of ketones is 1. The number of ether oxygens (including phenoxy) is 1. The summed E-state index contributed by atoms with van der Waals surface area (Å²) in [5.74, 6) is -1.79. The minimum Gasteiger partial charge on any atom is -0.469 e. The van der Waals surface area contributed by atoms with Gasteiger partial charge in [0.25, 0.3) is 5.69 Å². The van der Waals surface area contributed by atoms with Crippen LogP contribution in [-0.4, -0.2) is 38.0 Å². The van der Waals surface area contributed by atoms with E-state index in [0.717, 1.165) is 0 Å². The Morgan fingerprint density at radius 1 is 0.909 bits per heavy atom. The molecule has 0 spiro atoms. The van der Waals surface area contributed by atoms with E-state index >= 15 is 0 Å². The number of hydrogen-bond donors (Lipinski definition) is 0. The fourth-order valence-electron chi connectivity index (χ4n) is 3.36. The summed E-state index contributed by atoms with van der Waals surface area (Å²) in [6.45, 7) is 0. The van der Waals surface area contributed by atoms with Crippen LogP contribution < -0.4 is 0 Å². The maximum Gasteiger partial charge on any atom is 0.306 e. The van der Waals surface area contributed by atoms with Gasteiger partial charge in [-0.1, -0.05) is 30.3 Å². The summed E-state index contributed by atoms with van der Waals surface area (Å²) in [5.41, 5.74) is 1.07. The van der Waals surface area contributed by atoms with Crippen LogP contribution in [0.4, 0.5) is 5.69 Å². The SMILES string of the molecule is COC(=O)CC(CS(=O)(=O)c1ccc(C(=O)c2ccc([N+](=O)[O-])cc2)cc1)c1ccccc1. The number of nitro benzene ring substituents is 1. The molecule has 0 saturated carbocycles. The lowest BCUT2D eigenvalue weighted by Crippen LogP contribution is -2.19. The number of carbonyl (C=O) groups excluding carboxylic acids is 2. The van der Waals surface area contributed by atoms with Gasteiger partial charge >= 0.3 is 5.97 Å². The Labute approximate surface area is 190 Å². The third-order valence-electron chi connectivity index (χ3n) is 5.15. The Morgan fingerprint density at radius 2 is 1.45 bits per heavy atom. The summed E-state index contributed by atoms with van der Waals surface area (Å²) < 4.78 is 30.8. The minimum absolute atomic E-state index is 0.0218. The zero-order valence-electron chi connectivity index (χ0n) is 17.7. The molecular formula is C24H21NO7S.